The van der Waals surface area contributed by atoms with Gasteiger partial charge in [0.05, 0.1) is 6.04 Å². The zero-order valence-electron chi connectivity index (χ0n) is 15.0. The first-order chi connectivity index (χ1) is 13.3. The molecule has 1 amide bonds. The molecule has 2 aliphatic rings. The summed E-state index contributed by atoms with van der Waals surface area (Å²) in [6.07, 6.45) is -2.00. The van der Waals surface area contributed by atoms with Crippen molar-refractivity contribution in [3.63, 3.8) is 0 Å². The molecular formula is C19H20F4N4O. The Morgan fingerprint density at radius 2 is 1.79 bits per heavy atom. The van der Waals surface area contributed by atoms with Crippen molar-refractivity contribution in [2.45, 2.75) is 43.9 Å². The molecule has 1 fully saturated rings. The van der Waals surface area contributed by atoms with Crippen LogP contribution in [0.3, 0.4) is 0 Å². The molecule has 2 aliphatic heterocycles. The van der Waals surface area contributed by atoms with E-state index in [0.717, 1.165) is 23.9 Å². The first-order valence-corrected chi connectivity index (χ1v) is 9.30. The molecule has 2 atom stereocenters. The van der Waals surface area contributed by atoms with Gasteiger partial charge in [-0.05, 0) is 37.0 Å². The van der Waals surface area contributed by atoms with Crippen molar-refractivity contribution in [3.05, 3.63) is 47.4 Å². The lowest BCUT2D eigenvalue weighted by Gasteiger charge is -2.33. The van der Waals surface area contributed by atoms with Gasteiger partial charge in [-0.3, -0.25) is 4.79 Å². The molecule has 0 aliphatic carbocycles. The Bertz CT molecular complexity index is 856. The van der Waals surface area contributed by atoms with Crippen molar-refractivity contribution in [1.82, 2.24) is 14.7 Å². The van der Waals surface area contributed by atoms with Crippen LogP contribution in [-0.4, -0.2) is 39.9 Å². The summed E-state index contributed by atoms with van der Waals surface area (Å²) in [6.45, 7) is 1.19. The third-order valence-electron chi connectivity index (χ3n) is 5.32. The molecule has 1 aromatic heterocycles. The van der Waals surface area contributed by atoms with Crippen molar-refractivity contribution < 1.29 is 22.4 Å². The van der Waals surface area contributed by atoms with Gasteiger partial charge in [-0.1, -0.05) is 12.1 Å². The van der Waals surface area contributed by atoms with E-state index < -0.39 is 24.1 Å². The van der Waals surface area contributed by atoms with E-state index in [0.29, 0.717) is 18.7 Å². The van der Waals surface area contributed by atoms with Crippen LogP contribution in [0.4, 0.5) is 23.4 Å². The van der Waals surface area contributed by atoms with Gasteiger partial charge in [0.2, 0.25) is 0 Å². The number of carbonyl (C=O) groups excluding carboxylic acids is 1. The van der Waals surface area contributed by atoms with Gasteiger partial charge in [-0.15, -0.1) is 0 Å². The Balaban J connectivity index is 1.65. The summed E-state index contributed by atoms with van der Waals surface area (Å²) in [7, 11) is 0. The van der Waals surface area contributed by atoms with Crippen LogP contribution in [0.25, 0.3) is 0 Å². The molecule has 1 aromatic carbocycles. The van der Waals surface area contributed by atoms with Crippen LogP contribution < -0.4 is 5.32 Å². The summed E-state index contributed by atoms with van der Waals surface area (Å²) in [5.41, 5.74) is 0.561. The number of nitrogens with zero attached hydrogens (tertiary/aromatic N) is 3. The van der Waals surface area contributed by atoms with Crippen LogP contribution in [0.5, 0.6) is 0 Å². The van der Waals surface area contributed by atoms with Gasteiger partial charge in [0.25, 0.3) is 5.91 Å². The van der Waals surface area contributed by atoms with E-state index in [9.17, 15) is 22.4 Å². The Hall–Kier alpha value is -2.58. The topological polar surface area (TPSA) is 50.2 Å². The summed E-state index contributed by atoms with van der Waals surface area (Å²) in [4.78, 5) is 14.3. The Morgan fingerprint density at radius 1 is 1.11 bits per heavy atom. The van der Waals surface area contributed by atoms with Gasteiger partial charge in [0.1, 0.15) is 11.6 Å². The minimum absolute atomic E-state index is 0.0124. The fourth-order valence-electron chi connectivity index (χ4n) is 3.85. The van der Waals surface area contributed by atoms with Crippen molar-refractivity contribution in [2.24, 2.45) is 0 Å². The largest absolute Gasteiger partial charge is 0.410 e. The minimum Gasteiger partial charge on any atom is -0.363 e. The predicted octanol–water partition coefficient (Wildman–Crippen LogP) is 4.31. The second-order valence-corrected chi connectivity index (χ2v) is 7.25. The number of piperidine rings is 1. The monoisotopic (exact) mass is 396 g/mol. The fraction of sp³-hybridized carbons (Fsp3) is 0.474. The number of benzene rings is 1. The smallest absolute Gasteiger partial charge is 0.363 e. The van der Waals surface area contributed by atoms with Gasteiger partial charge in [-0.2, -0.15) is 18.3 Å². The molecule has 28 heavy (non-hydrogen) atoms. The highest BCUT2D eigenvalue weighted by Gasteiger charge is 2.47. The predicted molar refractivity (Wildman–Crippen MR) is 94.5 cm³/mol. The molecule has 9 heteroatoms. The standard InChI is InChI=1S/C19H20F4N4O/c20-13-6-4-12(5-7-13)14-10-16(19(21,22)23)27-17(24-14)11-15(25-27)18(28)26-8-2-1-3-9-26/h4-7,11,14,16,24H,1-3,8-10H2/t14-,16-/m1/s1. The number of halogens is 4. The number of fused-ring (bicyclic) bond motifs is 1. The summed E-state index contributed by atoms with van der Waals surface area (Å²) in [6, 6.07) is 4.23. The Labute approximate surface area is 159 Å². The summed E-state index contributed by atoms with van der Waals surface area (Å²) < 4.78 is 55.1. The second-order valence-electron chi connectivity index (χ2n) is 7.25. The van der Waals surface area contributed by atoms with Gasteiger partial charge in [0, 0.05) is 25.6 Å². The molecule has 150 valence electrons. The normalized spacial score (nSPS) is 22.5. The van der Waals surface area contributed by atoms with E-state index in [4.69, 9.17) is 0 Å². The van der Waals surface area contributed by atoms with E-state index in [1.165, 1.54) is 30.3 Å². The molecule has 0 unspecified atom stereocenters. The quantitative estimate of drug-likeness (QED) is 0.770. The zero-order chi connectivity index (χ0) is 19.9. The minimum atomic E-state index is -4.52. The molecule has 0 spiro atoms. The van der Waals surface area contributed by atoms with Crippen molar-refractivity contribution in [2.75, 3.05) is 18.4 Å². The van der Waals surface area contributed by atoms with Crippen LogP contribution in [0.2, 0.25) is 0 Å². The first kappa shape index (κ1) is 18.8. The van der Waals surface area contributed by atoms with Gasteiger partial charge >= 0.3 is 6.18 Å². The van der Waals surface area contributed by atoms with Gasteiger partial charge in [-0.25, -0.2) is 9.07 Å². The SMILES string of the molecule is O=C(c1cc2n(n1)[C@@H](C(F)(F)F)C[C@H](c1ccc(F)cc1)N2)N1CCCCC1. The zero-order valence-corrected chi connectivity index (χ0v) is 15.0. The maximum atomic E-state index is 13.7. The average Bonchev–Trinajstić information content (AvgIpc) is 3.11. The first-order valence-electron chi connectivity index (χ1n) is 9.30. The number of aromatic nitrogens is 2. The number of carbonyl (C=O) groups is 1. The molecule has 1 saturated heterocycles. The highest BCUT2D eigenvalue weighted by molar-refractivity contribution is 5.93. The highest BCUT2D eigenvalue weighted by Crippen LogP contribution is 2.43. The van der Waals surface area contributed by atoms with Crippen LogP contribution in [0, 0.1) is 5.82 Å². The van der Waals surface area contributed by atoms with Crippen LogP contribution in [0.1, 0.15) is 53.8 Å². The second kappa shape index (κ2) is 7.10. The van der Waals surface area contributed by atoms with Crippen LogP contribution in [-0.2, 0) is 0 Å². The van der Waals surface area contributed by atoms with E-state index in [1.54, 1.807) is 4.90 Å². The molecule has 1 N–H and O–H groups in total. The number of rotatable bonds is 2. The molecular weight excluding hydrogens is 376 g/mol. The van der Waals surface area contributed by atoms with E-state index >= 15 is 0 Å². The lowest BCUT2D eigenvalue weighted by Crippen LogP contribution is -2.37. The summed E-state index contributed by atoms with van der Waals surface area (Å²) in [5, 5.41) is 7.02. The number of nitrogens with one attached hydrogen (secondary N) is 1. The lowest BCUT2D eigenvalue weighted by atomic mass is 9.97. The average molecular weight is 396 g/mol. The summed E-state index contributed by atoms with van der Waals surface area (Å²) in [5.74, 6) is -0.655. The van der Waals surface area contributed by atoms with Crippen molar-refractivity contribution in [3.8, 4) is 0 Å². The molecule has 4 rings (SSSR count). The maximum absolute atomic E-state index is 13.7. The molecule has 0 radical (unpaired) electrons. The van der Waals surface area contributed by atoms with E-state index in [2.05, 4.69) is 10.4 Å². The third kappa shape index (κ3) is 3.57. The van der Waals surface area contributed by atoms with Crippen LogP contribution >= 0.6 is 0 Å². The number of likely N-dealkylation sites (tertiary alicyclic amines) is 1. The maximum Gasteiger partial charge on any atom is 0.410 e. The summed E-state index contributed by atoms with van der Waals surface area (Å²) >= 11 is 0. The van der Waals surface area contributed by atoms with Crippen molar-refractivity contribution in [1.29, 1.82) is 0 Å². The molecule has 5 nitrogen and oxygen atoms in total. The number of hydrogen-bond donors (Lipinski definition) is 1. The Morgan fingerprint density at radius 3 is 2.43 bits per heavy atom. The molecule has 0 saturated carbocycles. The van der Waals surface area contributed by atoms with Crippen LogP contribution in [0.15, 0.2) is 30.3 Å². The lowest BCUT2D eigenvalue weighted by molar-refractivity contribution is -0.173. The van der Waals surface area contributed by atoms with Gasteiger partial charge in [0.15, 0.2) is 11.7 Å². The number of amides is 1. The molecule has 2 aromatic rings. The number of alkyl halides is 3. The van der Waals surface area contributed by atoms with Crippen molar-refractivity contribution >= 4 is 11.7 Å². The Kier molecular flexibility index (Phi) is 4.76. The van der Waals surface area contributed by atoms with Gasteiger partial charge < -0.3 is 10.2 Å². The number of anilines is 1. The van der Waals surface area contributed by atoms with E-state index in [-0.39, 0.29) is 23.8 Å². The molecule has 3 heterocycles. The third-order valence-corrected chi connectivity index (χ3v) is 5.32. The fourth-order valence-corrected chi connectivity index (χ4v) is 3.85. The molecule has 0 bridgehead atoms. The van der Waals surface area contributed by atoms with E-state index in [1.807, 2.05) is 0 Å². The highest BCUT2D eigenvalue weighted by atomic mass is 19.4. The number of hydrogen-bond acceptors (Lipinski definition) is 3.